The van der Waals surface area contributed by atoms with Gasteiger partial charge in [-0.1, -0.05) is 19.1 Å². The van der Waals surface area contributed by atoms with E-state index in [9.17, 15) is 4.39 Å². The van der Waals surface area contributed by atoms with Gasteiger partial charge in [0.15, 0.2) is 5.96 Å². The van der Waals surface area contributed by atoms with Gasteiger partial charge in [-0.3, -0.25) is 9.89 Å². The molecule has 0 aromatic heterocycles. The van der Waals surface area contributed by atoms with Crippen LogP contribution >= 0.6 is 0 Å². The van der Waals surface area contributed by atoms with Gasteiger partial charge >= 0.3 is 0 Å². The van der Waals surface area contributed by atoms with Crippen LogP contribution in [0.4, 0.5) is 4.39 Å². The molecule has 1 atom stereocenters. The Labute approximate surface area is 157 Å². The molecule has 0 aliphatic carbocycles. The van der Waals surface area contributed by atoms with Gasteiger partial charge in [-0.2, -0.15) is 0 Å². The van der Waals surface area contributed by atoms with Crippen molar-refractivity contribution < 1.29 is 4.39 Å². The molecule has 146 valence electrons. The van der Waals surface area contributed by atoms with Crippen LogP contribution in [0.1, 0.15) is 26.3 Å². The van der Waals surface area contributed by atoms with Gasteiger partial charge in [0.2, 0.25) is 0 Å². The minimum Gasteiger partial charge on any atom is -0.357 e. The number of hydrogen-bond acceptors (Lipinski definition) is 3. The molecule has 1 aromatic rings. The van der Waals surface area contributed by atoms with Crippen molar-refractivity contribution in [2.75, 3.05) is 52.9 Å². The van der Waals surface area contributed by atoms with Crippen LogP contribution in [0.25, 0.3) is 0 Å². The summed E-state index contributed by atoms with van der Waals surface area (Å²) < 4.78 is 13.4. The van der Waals surface area contributed by atoms with Crippen molar-refractivity contribution in [2.24, 2.45) is 4.99 Å². The molecular weight excluding hydrogens is 329 g/mol. The quantitative estimate of drug-likeness (QED) is 0.595. The SMILES string of the molecule is CCNC(=NCC(C)N1CCN(CC)CC1)N(C)Cc1cccc(F)c1. The Morgan fingerprint density at radius 1 is 1.27 bits per heavy atom. The van der Waals surface area contributed by atoms with Gasteiger partial charge in [-0.25, -0.2) is 4.39 Å². The molecule has 0 radical (unpaired) electrons. The highest BCUT2D eigenvalue weighted by Crippen LogP contribution is 2.08. The first-order chi connectivity index (χ1) is 12.5. The van der Waals surface area contributed by atoms with E-state index in [1.54, 1.807) is 12.1 Å². The summed E-state index contributed by atoms with van der Waals surface area (Å²) in [6, 6.07) is 7.17. The number of rotatable bonds is 7. The highest BCUT2D eigenvalue weighted by molar-refractivity contribution is 5.79. The Hall–Kier alpha value is -1.66. The van der Waals surface area contributed by atoms with Crippen LogP contribution in [0, 0.1) is 5.82 Å². The van der Waals surface area contributed by atoms with Gasteiger partial charge < -0.3 is 15.1 Å². The van der Waals surface area contributed by atoms with Crippen LogP contribution in [0.2, 0.25) is 0 Å². The van der Waals surface area contributed by atoms with Crippen molar-refractivity contribution in [2.45, 2.75) is 33.4 Å². The normalized spacial score (nSPS) is 18.0. The molecule has 5 nitrogen and oxygen atoms in total. The average Bonchev–Trinajstić information content (AvgIpc) is 2.64. The Bertz CT molecular complexity index is 569. The molecule has 0 spiro atoms. The van der Waals surface area contributed by atoms with E-state index >= 15 is 0 Å². The summed E-state index contributed by atoms with van der Waals surface area (Å²) in [4.78, 5) is 11.9. The highest BCUT2D eigenvalue weighted by atomic mass is 19.1. The number of aliphatic imine (C=N–C) groups is 1. The second-order valence-corrected chi connectivity index (χ2v) is 7.00. The first-order valence-corrected chi connectivity index (χ1v) is 9.73. The fourth-order valence-corrected chi connectivity index (χ4v) is 3.31. The molecule has 1 aliphatic heterocycles. The van der Waals surface area contributed by atoms with Crippen LogP contribution < -0.4 is 5.32 Å². The van der Waals surface area contributed by atoms with Crippen LogP contribution in [0.15, 0.2) is 29.3 Å². The van der Waals surface area contributed by atoms with Crippen molar-refractivity contribution >= 4 is 5.96 Å². The van der Waals surface area contributed by atoms with Crippen LogP contribution in [-0.4, -0.2) is 79.6 Å². The Morgan fingerprint density at radius 2 is 2.00 bits per heavy atom. The molecule has 1 unspecified atom stereocenters. The van der Waals surface area contributed by atoms with Crippen LogP contribution in [-0.2, 0) is 6.54 Å². The van der Waals surface area contributed by atoms with Crippen molar-refractivity contribution in [3.63, 3.8) is 0 Å². The zero-order chi connectivity index (χ0) is 18.9. The Balaban J connectivity index is 1.92. The van der Waals surface area contributed by atoms with Gasteiger partial charge in [0.1, 0.15) is 5.82 Å². The summed E-state index contributed by atoms with van der Waals surface area (Å²) in [5, 5.41) is 3.35. The van der Waals surface area contributed by atoms with Gasteiger partial charge in [0.25, 0.3) is 0 Å². The summed E-state index contributed by atoms with van der Waals surface area (Å²) >= 11 is 0. The summed E-state index contributed by atoms with van der Waals surface area (Å²) in [5.41, 5.74) is 0.946. The third kappa shape index (κ3) is 6.25. The van der Waals surface area contributed by atoms with E-state index in [0.717, 1.165) is 57.3 Å². The fourth-order valence-electron chi connectivity index (χ4n) is 3.31. The van der Waals surface area contributed by atoms with Crippen molar-refractivity contribution in [1.29, 1.82) is 0 Å². The molecule has 0 saturated carbocycles. The highest BCUT2D eigenvalue weighted by Gasteiger charge is 2.20. The van der Waals surface area contributed by atoms with E-state index in [4.69, 9.17) is 4.99 Å². The van der Waals surface area contributed by atoms with Crippen molar-refractivity contribution in [3.05, 3.63) is 35.6 Å². The lowest BCUT2D eigenvalue weighted by Gasteiger charge is -2.37. The maximum Gasteiger partial charge on any atom is 0.194 e. The predicted octanol–water partition coefficient (Wildman–Crippen LogP) is 2.25. The molecule has 1 aromatic carbocycles. The minimum absolute atomic E-state index is 0.197. The molecule has 1 aliphatic rings. The number of hydrogen-bond donors (Lipinski definition) is 1. The predicted molar refractivity (Wildman–Crippen MR) is 107 cm³/mol. The van der Waals surface area contributed by atoms with Gasteiger partial charge in [0.05, 0.1) is 6.54 Å². The maximum absolute atomic E-state index is 13.4. The van der Waals surface area contributed by atoms with E-state index in [-0.39, 0.29) is 5.82 Å². The second-order valence-electron chi connectivity index (χ2n) is 7.00. The lowest BCUT2D eigenvalue weighted by atomic mass is 10.2. The lowest BCUT2D eigenvalue weighted by Crippen LogP contribution is -2.50. The zero-order valence-corrected chi connectivity index (χ0v) is 16.7. The molecule has 1 saturated heterocycles. The standard InChI is InChI=1S/C20H34FN5/c1-5-22-20(24(4)16-18-8-7-9-19(21)14-18)23-15-17(3)26-12-10-25(6-2)11-13-26/h7-9,14,17H,5-6,10-13,15-16H2,1-4H3,(H,22,23). The van der Waals surface area contributed by atoms with E-state index in [0.29, 0.717) is 12.6 Å². The summed E-state index contributed by atoms with van der Waals surface area (Å²) in [6.07, 6.45) is 0. The number of benzene rings is 1. The van der Waals surface area contributed by atoms with E-state index in [1.807, 2.05) is 13.1 Å². The zero-order valence-electron chi connectivity index (χ0n) is 16.7. The number of halogens is 1. The third-order valence-electron chi connectivity index (χ3n) is 4.99. The summed E-state index contributed by atoms with van der Waals surface area (Å²) in [5.74, 6) is 0.675. The summed E-state index contributed by atoms with van der Waals surface area (Å²) in [7, 11) is 2.00. The monoisotopic (exact) mass is 363 g/mol. The number of nitrogens with zero attached hydrogens (tertiary/aromatic N) is 4. The smallest absolute Gasteiger partial charge is 0.194 e. The van der Waals surface area contributed by atoms with E-state index in [1.165, 1.54) is 6.07 Å². The van der Waals surface area contributed by atoms with E-state index < -0.39 is 0 Å². The first-order valence-electron chi connectivity index (χ1n) is 9.73. The van der Waals surface area contributed by atoms with Crippen LogP contribution in [0.3, 0.4) is 0 Å². The number of guanidine groups is 1. The van der Waals surface area contributed by atoms with Gasteiger partial charge in [-0.05, 0) is 38.1 Å². The lowest BCUT2D eigenvalue weighted by molar-refractivity contribution is 0.109. The van der Waals surface area contributed by atoms with E-state index in [2.05, 4.69) is 40.8 Å². The fraction of sp³-hybridized carbons (Fsp3) is 0.650. The first kappa shape index (κ1) is 20.6. The van der Waals surface area contributed by atoms with Gasteiger partial charge in [0, 0.05) is 52.4 Å². The molecule has 2 rings (SSSR count). The van der Waals surface area contributed by atoms with Gasteiger partial charge in [-0.15, -0.1) is 0 Å². The molecule has 6 heteroatoms. The van der Waals surface area contributed by atoms with Crippen LogP contribution in [0.5, 0.6) is 0 Å². The van der Waals surface area contributed by atoms with Crippen molar-refractivity contribution in [3.8, 4) is 0 Å². The number of likely N-dealkylation sites (N-methyl/N-ethyl adjacent to an activating group) is 1. The summed E-state index contributed by atoms with van der Waals surface area (Å²) in [6.45, 7) is 14.4. The molecular formula is C20H34FN5. The second kappa shape index (κ2) is 10.5. The largest absolute Gasteiger partial charge is 0.357 e. The Morgan fingerprint density at radius 3 is 2.62 bits per heavy atom. The topological polar surface area (TPSA) is 34.1 Å². The maximum atomic E-state index is 13.4. The third-order valence-corrected chi connectivity index (χ3v) is 4.99. The minimum atomic E-state index is -0.197. The molecule has 0 amide bonds. The molecule has 1 N–H and O–H groups in total. The molecule has 1 heterocycles. The molecule has 1 fully saturated rings. The number of nitrogens with one attached hydrogen (secondary N) is 1. The number of piperazine rings is 1. The Kier molecular flexibility index (Phi) is 8.32. The molecule has 0 bridgehead atoms. The van der Waals surface area contributed by atoms with Crippen molar-refractivity contribution in [1.82, 2.24) is 20.0 Å². The average molecular weight is 364 g/mol. The molecule has 26 heavy (non-hydrogen) atoms.